The molecule has 0 N–H and O–H groups in total. The molecule has 3 unspecified atom stereocenters. The van der Waals surface area contributed by atoms with Gasteiger partial charge in [0.2, 0.25) is 0 Å². The Kier molecular flexibility index (Phi) is 3.16. The minimum absolute atomic E-state index is 0.0151. The van der Waals surface area contributed by atoms with Crippen molar-refractivity contribution in [2.75, 3.05) is 0 Å². The third-order valence-corrected chi connectivity index (χ3v) is 2.89. The van der Waals surface area contributed by atoms with Crippen molar-refractivity contribution < 1.29 is 4.39 Å². The molecule has 0 bridgehead atoms. The zero-order chi connectivity index (χ0) is 9.30. The maximum Gasteiger partial charge on any atom is 0.123 e. The highest BCUT2D eigenvalue weighted by molar-refractivity contribution is 6.21. The number of rotatable bonds is 1. The average Bonchev–Trinajstić information content (AvgIpc) is 1.99. The van der Waals surface area contributed by atoms with Crippen molar-refractivity contribution in [1.29, 1.82) is 0 Å². The van der Waals surface area contributed by atoms with Crippen molar-refractivity contribution in [2.45, 2.75) is 38.7 Å². The zero-order valence-corrected chi connectivity index (χ0v) is 8.61. The lowest BCUT2D eigenvalue weighted by Gasteiger charge is -2.28. The lowest BCUT2D eigenvalue weighted by Crippen LogP contribution is -2.28. The Morgan fingerprint density at radius 1 is 1.58 bits per heavy atom. The minimum atomic E-state index is -0.867. The molecule has 0 amide bonds. The van der Waals surface area contributed by atoms with E-state index in [1.807, 2.05) is 13.0 Å². The molecule has 1 aliphatic carbocycles. The molecule has 0 aromatic heterocycles. The minimum Gasteiger partial charge on any atom is -0.245 e. The van der Waals surface area contributed by atoms with E-state index in [1.165, 1.54) is 5.57 Å². The van der Waals surface area contributed by atoms with Crippen LogP contribution in [0, 0.1) is 11.8 Å². The van der Waals surface area contributed by atoms with Crippen molar-refractivity contribution >= 4 is 11.6 Å². The smallest absolute Gasteiger partial charge is 0.123 e. The number of hydrogen-bond donors (Lipinski definition) is 0. The molecular weight excluding hydrogens is 175 g/mol. The summed E-state index contributed by atoms with van der Waals surface area (Å²) in [7, 11) is 0. The van der Waals surface area contributed by atoms with Crippen LogP contribution in [0.3, 0.4) is 0 Å². The van der Waals surface area contributed by atoms with Gasteiger partial charge in [-0.05, 0) is 12.3 Å². The van der Waals surface area contributed by atoms with Crippen molar-refractivity contribution in [3.8, 4) is 0 Å². The third-order valence-electron chi connectivity index (χ3n) is 2.50. The molecule has 0 aromatic rings. The highest BCUT2D eigenvalue weighted by Crippen LogP contribution is 2.32. The maximum absolute atomic E-state index is 13.2. The van der Waals surface area contributed by atoms with E-state index in [4.69, 9.17) is 11.6 Å². The third kappa shape index (κ3) is 2.01. The Morgan fingerprint density at radius 3 is 2.58 bits per heavy atom. The van der Waals surface area contributed by atoms with Crippen LogP contribution in [0.25, 0.3) is 0 Å². The first-order valence-corrected chi connectivity index (χ1v) is 4.94. The molecule has 0 heterocycles. The quantitative estimate of drug-likeness (QED) is 0.438. The predicted octanol–water partition coefficient (Wildman–Crippen LogP) is 3.55. The molecule has 0 radical (unpaired) electrons. The molecule has 0 nitrogen and oxygen atoms in total. The van der Waals surface area contributed by atoms with Gasteiger partial charge in [0, 0.05) is 5.92 Å². The van der Waals surface area contributed by atoms with Crippen molar-refractivity contribution in [2.24, 2.45) is 11.8 Å². The Morgan fingerprint density at radius 2 is 2.17 bits per heavy atom. The van der Waals surface area contributed by atoms with E-state index in [0.717, 1.165) is 0 Å². The summed E-state index contributed by atoms with van der Waals surface area (Å²) in [4.78, 5) is 0. The van der Waals surface area contributed by atoms with Crippen LogP contribution in [0.4, 0.5) is 4.39 Å². The Bertz CT molecular complexity index is 186. The molecule has 0 fully saturated rings. The van der Waals surface area contributed by atoms with Gasteiger partial charge in [-0.1, -0.05) is 32.4 Å². The number of alkyl halides is 2. The van der Waals surface area contributed by atoms with E-state index in [9.17, 15) is 4.39 Å². The molecule has 2 heteroatoms. The Balaban J connectivity index is 2.74. The van der Waals surface area contributed by atoms with Crippen molar-refractivity contribution in [3.05, 3.63) is 11.6 Å². The van der Waals surface area contributed by atoms with Crippen LogP contribution in [0.2, 0.25) is 0 Å². The van der Waals surface area contributed by atoms with Crippen molar-refractivity contribution in [1.82, 2.24) is 0 Å². The lowest BCUT2D eigenvalue weighted by molar-refractivity contribution is 0.249. The summed E-state index contributed by atoms with van der Waals surface area (Å²) < 4.78 is 13.2. The molecule has 0 saturated heterocycles. The van der Waals surface area contributed by atoms with Crippen LogP contribution in [0.1, 0.15) is 27.2 Å². The predicted molar refractivity (Wildman–Crippen MR) is 51.2 cm³/mol. The molecule has 1 rings (SSSR count). The van der Waals surface area contributed by atoms with Gasteiger partial charge in [-0.15, -0.1) is 11.6 Å². The van der Waals surface area contributed by atoms with Crippen LogP contribution in [-0.4, -0.2) is 11.5 Å². The van der Waals surface area contributed by atoms with E-state index < -0.39 is 6.17 Å². The van der Waals surface area contributed by atoms with Gasteiger partial charge in [0.25, 0.3) is 0 Å². The van der Waals surface area contributed by atoms with Crippen LogP contribution >= 0.6 is 11.6 Å². The molecule has 0 aliphatic heterocycles. The molecule has 3 atom stereocenters. The van der Waals surface area contributed by atoms with Gasteiger partial charge in [-0.25, -0.2) is 4.39 Å². The SMILES string of the molecule is CC(C)C1=CC(C)C(F)C(Cl)C1. The second kappa shape index (κ2) is 3.78. The normalized spacial score (nSPS) is 36.8. The lowest BCUT2D eigenvalue weighted by atomic mass is 9.85. The Labute approximate surface area is 78.8 Å². The monoisotopic (exact) mass is 190 g/mol. The number of hydrogen-bond acceptors (Lipinski definition) is 0. The average molecular weight is 191 g/mol. The molecule has 1 aliphatic rings. The first-order valence-electron chi connectivity index (χ1n) is 4.51. The fourth-order valence-electron chi connectivity index (χ4n) is 1.59. The molecule has 70 valence electrons. The van der Waals surface area contributed by atoms with Gasteiger partial charge in [0.1, 0.15) is 6.17 Å². The second-order valence-corrected chi connectivity index (χ2v) is 4.48. The topological polar surface area (TPSA) is 0 Å². The number of allylic oxidation sites excluding steroid dienone is 2. The van der Waals surface area contributed by atoms with E-state index >= 15 is 0 Å². The van der Waals surface area contributed by atoms with Gasteiger partial charge in [0.05, 0.1) is 5.38 Å². The second-order valence-electron chi connectivity index (χ2n) is 3.92. The summed E-state index contributed by atoms with van der Waals surface area (Å²) in [6.45, 7) is 6.14. The first kappa shape index (κ1) is 10.0. The van der Waals surface area contributed by atoms with Gasteiger partial charge in [-0.3, -0.25) is 0 Å². The zero-order valence-electron chi connectivity index (χ0n) is 7.85. The van der Waals surface area contributed by atoms with E-state index in [0.29, 0.717) is 12.3 Å². The summed E-state index contributed by atoms with van der Waals surface area (Å²) in [5.41, 5.74) is 1.30. The van der Waals surface area contributed by atoms with Gasteiger partial charge < -0.3 is 0 Å². The van der Waals surface area contributed by atoms with E-state index in [2.05, 4.69) is 13.8 Å². The van der Waals surface area contributed by atoms with Gasteiger partial charge in [-0.2, -0.15) is 0 Å². The van der Waals surface area contributed by atoms with Crippen LogP contribution in [0.5, 0.6) is 0 Å². The summed E-state index contributed by atoms with van der Waals surface area (Å²) >= 11 is 5.88. The van der Waals surface area contributed by atoms with Crippen LogP contribution in [-0.2, 0) is 0 Å². The van der Waals surface area contributed by atoms with Gasteiger partial charge >= 0.3 is 0 Å². The van der Waals surface area contributed by atoms with Crippen LogP contribution in [0.15, 0.2) is 11.6 Å². The summed E-state index contributed by atoms with van der Waals surface area (Å²) in [5.74, 6) is 0.486. The van der Waals surface area contributed by atoms with E-state index in [1.54, 1.807) is 0 Å². The maximum atomic E-state index is 13.2. The molecule has 0 saturated carbocycles. The first-order chi connectivity index (χ1) is 5.52. The molecule has 0 aromatic carbocycles. The van der Waals surface area contributed by atoms with Gasteiger partial charge in [0.15, 0.2) is 0 Å². The summed E-state index contributed by atoms with van der Waals surface area (Å²) in [5, 5.41) is -0.317. The van der Waals surface area contributed by atoms with Crippen molar-refractivity contribution in [3.63, 3.8) is 0 Å². The molecule has 0 spiro atoms. The largest absolute Gasteiger partial charge is 0.245 e. The molecule has 12 heavy (non-hydrogen) atoms. The summed E-state index contributed by atoms with van der Waals surface area (Å²) in [6, 6.07) is 0. The summed E-state index contributed by atoms with van der Waals surface area (Å²) in [6.07, 6.45) is 1.88. The number of halogens is 2. The fraction of sp³-hybridized carbons (Fsp3) is 0.800. The Hall–Kier alpha value is -0.0400. The molecular formula is C10H16ClF. The van der Waals surface area contributed by atoms with Crippen LogP contribution < -0.4 is 0 Å². The standard InChI is InChI=1S/C10H16ClF/c1-6(2)8-4-7(3)10(12)9(11)5-8/h4,6-7,9-10H,5H2,1-3H3. The highest BCUT2D eigenvalue weighted by Gasteiger charge is 2.29. The fourth-order valence-corrected chi connectivity index (χ4v) is 2.00. The van der Waals surface area contributed by atoms with E-state index in [-0.39, 0.29) is 11.3 Å². The highest BCUT2D eigenvalue weighted by atomic mass is 35.5.